The standard InChI is InChI=1S/C16H17Cl2N/c1-10-5-4-6-16(11(10)2)19-12(3)14-9-13(17)7-8-15(14)18/h4-9,12,19H,1-3H3. The SMILES string of the molecule is Cc1cccc(NC(C)c2cc(Cl)ccc2Cl)c1C. The number of rotatable bonds is 3. The van der Waals surface area contributed by atoms with Crippen LogP contribution in [0.3, 0.4) is 0 Å². The van der Waals surface area contributed by atoms with E-state index in [4.69, 9.17) is 23.2 Å². The fraction of sp³-hybridized carbons (Fsp3) is 0.250. The lowest BCUT2D eigenvalue weighted by atomic mass is 10.0. The number of anilines is 1. The summed E-state index contributed by atoms with van der Waals surface area (Å²) in [7, 11) is 0. The van der Waals surface area contributed by atoms with E-state index >= 15 is 0 Å². The van der Waals surface area contributed by atoms with Gasteiger partial charge in [0.2, 0.25) is 0 Å². The number of hydrogen-bond donors (Lipinski definition) is 1. The Balaban J connectivity index is 2.28. The molecule has 0 heterocycles. The first-order valence-electron chi connectivity index (χ1n) is 6.26. The molecule has 1 unspecified atom stereocenters. The zero-order chi connectivity index (χ0) is 14.0. The molecular formula is C16H17Cl2N. The van der Waals surface area contributed by atoms with Gasteiger partial charge in [0.1, 0.15) is 0 Å². The molecule has 0 aliphatic rings. The van der Waals surface area contributed by atoms with Crippen molar-refractivity contribution in [2.75, 3.05) is 5.32 Å². The molecule has 0 saturated carbocycles. The summed E-state index contributed by atoms with van der Waals surface area (Å²) in [6.07, 6.45) is 0. The first kappa shape index (κ1) is 14.2. The Morgan fingerprint density at radius 3 is 2.53 bits per heavy atom. The van der Waals surface area contributed by atoms with Crippen molar-refractivity contribution in [1.29, 1.82) is 0 Å². The van der Waals surface area contributed by atoms with Crippen molar-refractivity contribution in [2.45, 2.75) is 26.8 Å². The average molecular weight is 294 g/mol. The van der Waals surface area contributed by atoms with Crippen molar-refractivity contribution in [3.8, 4) is 0 Å². The Hall–Kier alpha value is -1.18. The van der Waals surface area contributed by atoms with E-state index in [0.717, 1.165) is 16.3 Å². The molecule has 3 heteroatoms. The summed E-state index contributed by atoms with van der Waals surface area (Å²) < 4.78 is 0. The van der Waals surface area contributed by atoms with Gasteiger partial charge in [0.25, 0.3) is 0 Å². The van der Waals surface area contributed by atoms with Crippen molar-refractivity contribution >= 4 is 28.9 Å². The van der Waals surface area contributed by atoms with E-state index < -0.39 is 0 Å². The van der Waals surface area contributed by atoms with Gasteiger partial charge in [-0.25, -0.2) is 0 Å². The summed E-state index contributed by atoms with van der Waals surface area (Å²) in [5, 5.41) is 4.93. The van der Waals surface area contributed by atoms with E-state index in [1.54, 1.807) is 6.07 Å². The van der Waals surface area contributed by atoms with Gasteiger partial charge in [0.15, 0.2) is 0 Å². The van der Waals surface area contributed by atoms with E-state index in [0.29, 0.717) is 5.02 Å². The summed E-state index contributed by atoms with van der Waals surface area (Å²) in [5.41, 5.74) is 4.67. The topological polar surface area (TPSA) is 12.0 Å². The van der Waals surface area contributed by atoms with Crippen LogP contribution in [0.1, 0.15) is 29.7 Å². The molecule has 0 spiro atoms. The van der Waals surface area contributed by atoms with Crippen molar-refractivity contribution in [1.82, 2.24) is 0 Å². The highest BCUT2D eigenvalue weighted by molar-refractivity contribution is 6.33. The zero-order valence-electron chi connectivity index (χ0n) is 11.3. The van der Waals surface area contributed by atoms with Gasteiger partial charge in [-0.15, -0.1) is 0 Å². The molecule has 0 aromatic heterocycles. The summed E-state index contributed by atoms with van der Waals surface area (Å²) in [4.78, 5) is 0. The van der Waals surface area contributed by atoms with Crippen molar-refractivity contribution in [3.05, 3.63) is 63.1 Å². The molecule has 2 rings (SSSR count). The molecule has 0 fully saturated rings. The van der Waals surface area contributed by atoms with Crippen LogP contribution in [0.25, 0.3) is 0 Å². The Kier molecular flexibility index (Phi) is 4.38. The van der Waals surface area contributed by atoms with Gasteiger partial charge in [-0.05, 0) is 61.7 Å². The quantitative estimate of drug-likeness (QED) is 0.756. The van der Waals surface area contributed by atoms with Gasteiger partial charge in [-0.2, -0.15) is 0 Å². The Morgan fingerprint density at radius 2 is 1.79 bits per heavy atom. The van der Waals surface area contributed by atoms with Crippen LogP contribution in [0.4, 0.5) is 5.69 Å². The molecular weight excluding hydrogens is 277 g/mol. The van der Waals surface area contributed by atoms with E-state index in [1.807, 2.05) is 12.1 Å². The van der Waals surface area contributed by atoms with Crippen molar-refractivity contribution in [2.24, 2.45) is 0 Å². The largest absolute Gasteiger partial charge is 0.378 e. The molecule has 0 saturated heterocycles. The number of nitrogens with one attached hydrogen (secondary N) is 1. The summed E-state index contributed by atoms with van der Waals surface area (Å²) in [6.45, 7) is 6.31. The Labute approximate surface area is 124 Å². The van der Waals surface area contributed by atoms with Gasteiger partial charge in [-0.3, -0.25) is 0 Å². The maximum Gasteiger partial charge on any atom is 0.0501 e. The summed E-state index contributed by atoms with van der Waals surface area (Å²) >= 11 is 12.3. The fourth-order valence-electron chi connectivity index (χ4n) is 2.06. The maximum atomic E-state index is 6.23. The third kappa shape index (κ3) is 3.23. The number of halogens is 2. The molecule has 0 aliphatic heterocycles. The van der Waals surface area contributed by atoms with Crippen LogP contribution in [0.15, 0.2) is 36.4 Å². The Bertz CT molecular complexity index is 593. The van der Waals surface area contributed by atoms with Crippen molar-refractivity contribution < 1.29 is 0 Å². The lowest BCUT2D eigenvalue weighted by Crippen LogP contribution is -2.08. The van der Waals surface area contributed by atoms with E-state index in [2.05, 4.69) is 44.3 Å². The minimum Gasteiger partial charge on any atom is -0.378 e. The first-order valence-corrected chi connectivity index (χ1v) is 7.02. The molecule has 0 radical (unpaired) electrons. The van der Waals surface area contributed by atoms with Crippen molar-refractivity contribution in [3.63, 3.8) is 0 Å². The fourth-order valence-corrected chi connectivity index (χ4v) is 2.53. The highest BCUT2D eigenvalue weighted by Crippen LogP contribution is 2.30. The predicted molar refractivity (Wildman–Crippen MR) is 84.4 cm³/mol. The monoisotopic (exact) mass is 293 g/mol. The van der Waals surface area contributed by atoms with Gasteiger partial charge >= 0.3 is 0 Å². The first-order chi connectivity index (χ1) is 8.99. The number of benzene rings is 2. The number of aryl methyl sites for hydroxylation is 1. The van der Waals surface area contributed by atoms with Crippen LogP contribution in [-0.2, 0) is 0 Å². The maximum absolute atomic E-state index is 6.23. The molecule has 2 aromatic carbocycles. The molecule has 100 valence electrons. The second-order valence-corrected chi connectivity index (χ2v) is 5.62. The third-order valence-corrected chi connectivity index (χ3v) is 3.98. The van der Waals surface area contributed by atoms with Gasteiger partial charge in [-0.1, -0.05) is 35.3 Å². The third-order valence-electron chi connectivity index (χ3n) is 3.40. The highest BCUT2D eigenvalue weighted by Gasteiger charge is 2.11. The van der Waals surface area contributed by atoms with Crippen LogP contribution in [0.5, 0.6) is 0 Å². The minimum atomic E-state index is 0.103. The second kappa shape index (κ2) is 5.85. The molecule has 0 aliphatic carbocycles. The molecule has 19 heavy (non-hydrogen) atoms. The van der Waals surface area contributed by atoms with E-state index in [1.165, 1.54) is 11.1 Å². The lowest BCUT2D eigenvalue weighted by Gasteiger charge is -2.19. The number of hydrogen-bond acceptors (Lipinski definition) is 1. The molecule has 0 amide bonds. The van der Waals surface area contributed by atoms with Crippen LogP contribution < -0.4 is 5.32 Å². The zero-order valence-corrected chi connectivity index (χ0v) is 12.8. The molecule has 1 atom stereocenters. The summed E-state index contributed by atoms with van der Waals surface area (Å²) in [6, 6.07) is 11.9. The van der Waals surface area contributed by atoms with Gasteiger partial charge < -0.3 is 5.32 Å². The van der Waals surface area contributed by atoms with Crippen LogP contribution in [-0.4, -0.2) is 0 Å². The lowest BCUT2D eigenvalue weighted by molar-refractivity contribution is 0.882. The Morgan fingerprint density at radius 1 is 1.05 bits per heavy atom. The van der Waals surface area contributed by atoms with Gasteiger partial charge in [0.05, 0.1) is 6.04 Å². The second-order valence-electron chi connectivity index (χ2n) is 4.78. The van der Waals surface area contributed by atoms with Crippen LogP contribution >= 0.6 is 23.2 Å². The average Bonchev–Trinajstić information content (AvgIpc) is 2.38. The summed E-state index contributed by atoms with van der Waals surface area (Å²) in [5.74, 6) is 0. The molecule has 1 nitrogen and oxygen atoms in total. The highest BCUT2D eigenvalue weighted by atomic mass is 35.5. The molecule has 1 N–H and O–H groups in total. The smallest absolute Gasteiger partial charge is 0.0501 e. The van der Waals surface area contributed by atoms with Gasteiger partial charge in [0, 0.05) is 15.7 Å². The van der Waals surface area contributed by atoms with Crippen LogP contribution in [0.2, 0.25) is 10.0 Å². The van der Waals surface area contributed by atoms with E-state index in [-0.39, 0.29) is 6.04 Å². The normalized spacial score (nSPS) is 12.3. The molecule has 0 bridgehead atoms. The molecule has 2 aromatic rings. The predicted octanol–water partition coefficient (Wildman–Crippen LogP) is 5.78. The minimum absolute atomic E-state index is 0.103. The van der Waals surface area contributed by atoms with E-state index in [9.17, 15) is 0 Å². The van der Waals surface area contributed by atoms with Crippen LogP contribution in [0, 0.1) is 13.8 Å².